The molecule has 10 heteroatoms. The number of anilines is 2. The molecular formula is C22H22F2N6O2. The zero-order chi connectivity index (χ0) is 21.8. The van der Waals surface area contributed by atoms with Gasteiger partial charge in [0.15, 0.2) is 5.65 Å². The van der Waals surface area contributed by atoms with E-state index in [1.165, 1.54) is 27.8 Å². The van der Waals surface area contributed by atoms with Crippen LogP contribution in [0.15, 0.2) is 36.7 Å². The first-order valence-electron chi connectivity index (χ1n) is 10.8. The number of benzene rings is 1. The molecule has 166 valence electrons. The molecule has 0 saturated carbocycles. The predicted octanol–water partition coefficient (Wildman–Crippen LogP) is 3.11. The summed E-state index contributed by atoms with van der Waals surface area (Å²) in [5, 5.41) is 7.91. The van der Waals surface area contributed by atoms with E-state index >= 15 is 0 Å². The van der Waals surface area contributed by atoms with E-state index in [-0.39, 0.29) is 18.8 Å². The van der Waals surface area contributed by atoms with Crippen LogP contribution >= 0.6 is 0 Å². The third-order valence-electron chi connectivity index (χ3n) is 6.45. The zero-order valence-electron chi connectivity index (χ0n) is 17.2. The molecule has 0 spiro atoms. The van der Waals surface area contributed by atoms with Crippen molar-refractivity contribution >= 4 is 28.4 Å². The van der Waals surface area contributed by atoms with Gasteiger partial charge in [-0.1, -0.05) is 0 Å². The summed E-state index contributed by atoms with van der Waals surface area (Å²) in [7, 11) is 0. The maximum atomic E-state index is 14.6. The van der Waals surface area contributed by atoms with Crippen molar-refractivity contribution < 1.29 is 18.3 Å². The Labute approximate surface area is 182 Å². The fourth-order valence-corrected chi connectivity index (χ4v) is 4.78. The number of nitrogens with zero attached hydrogens (tertiary/aromatic N) is 5. The van der Waals surface area contributed by atoms with Gasteiger partial charge in [0.25, 0.3) is 0 Å². The molecule has 3 saturated heterocycles. The number of rotatable bonds is 3. The molecular weight excluding hydrogens is 418 g/mol. The third-order valence-corrected chi connectivity index (χ3v) is 6.45. The van der Waals surface area contributed by atoms with Crippen LogP contribution in [0.4, 0.5) is 25.0 Å². The Morgan fingerprint density at radius 1 is 1.16 bits per heavy atom. The van der Waals surface area contributed by atoms with E-state index in [2.05, 4.69) is 20.3 Å². The van der Waals surface area contributed by atoms with Crippen LogP contribution in [0.5, 0.6) is 0 Å². The lowest BCUT2D eigenvalue weighted by atomic mass is 10.2. The predicted molar refractivity (Wildman–Crippen MR) is 114 cm³/mol. The van der Waals surface area contributed by atoms with E-state index in [1.807, 2.05) is 12.3 Å². The monoisotopic (exact) mass is 440 g/mol. The van der Waals surface area contributed by atoms with Gasteiger partial charge in [0.1, 0.15) is 17.7 Å². The second-order valence-corrected chi connectivity index (χ2v) is 8.61. The van der Waals surface area contributed by atoms with Crippen molar-refractivity contribution in [2.75, 3.05) is 36.5 Å². The Morgan fingerprint density at radius 3 is 2.69 bits per heavy atom. The maximum absolute atomic E-state index is 14.6. The van der Waals surface area contributed by atoms with Crippen LogP contribution in [0.25, 0.3) is 16.7 Å². The summed E-state index contributed by atoms with van der Waals surface area (Å²) >= 11 is 0. The van der Waals surface area contributed by atoms with Crippen molar-refractivity contribution in [1.82, 2.24) is 19.7 Å². The van der Waals surface area contributed by atoms with Crippen LogP contribution in [0.1, 0.15) is 12.8 Å². The van der Waals surface area contributed by atoms with Crippen LogP contribution < -0.4 is 10.2 Å². The highest BCUT2D eigenvalue weighted by molar-refractivity contribution is 5.90. The summed E-state index contributed by atoms with van der Waals surface area (Å²) in [5.41, 5.74) is 2.14. The number of aromatic nitrogens is 3. The van der Waals surface area contributed by atoms with Gasteiger partial charge in [0.2, 0.25) is 0 Å². The Morgan fingerprint density at radius 2 is 1.94 bits per heavy atom. The lowest BCUT2D eigenvalue weighted by Gasteiger charge is -2.36. The lowest BCUT2D eigenvalue weighted by Crippen LogP contribution is -2.53. The SMILES string of the molecule is O=C(Nc1ccc(F)c(-n2cc3cc(N4C5CCC4COC5)cnc3n2)c1)N1CC(F)C1. The summed E-state index contributed by atoms with van der Waals surface area (Å²) in [5.74, 6) is -0.477. The highest BCUT2D eigenvalue weighted by Crippen LogP contribution is 2.34. The molecule has 3 aliphatic rings. The van der Waals surface area contributed by atoms with E-state index in [9.17, 15) is 13.6 Å². The van der Waals surface area contributed by atoms with Crippen molar-refractivity contribution in [2.45, 2.75) is 31.1 Å². The average molecular weight is 440 g/mol. The van der Waals surface area contributed by atoms with Crippen LogP contribution in [-0.4, -0.2) is 70.3 Å². The Bertz CT molecular complexity index is 1180. The topological polar surface area (TPSA) is 75.5 Å². The number of likely N-dealkylation sites (tertiary alicyclic amines) is 1. The molecule has 1 aromatic carbocycles. The fraction of sp³-hybridized carbons (Fsp3) is 0.409. The minimum atomic E-state index is -0.980. The molecule has 3 aromatic rings. The van der Waals surface area contributed by atoms with Gasteiger partial charge in [-0.15, -0.1) is 5.10 Å². The van der Waals surface area contributed by atoms with E-state index in [4.69, 9.17) is 4.74 Å². The molecule has 2 amide bonds. The quantitative estimate of drug-likeness (QED) is 0.678. The van der Waals surface area contributed by atoms with Crippen molar-refractivity contribution in [1.29, 1.82) is 0 Å². The average Bonchev–Trinajstić information content (AvgIpc) is 3.29. The van der Waals surface area contributed by atoms with Gasteiger partial charge in [-0.3, -0.25) is 0 Å². The second-order valence-electron chi connectivity index (χ2n) is 8.61. The molecule has 1 N–H and O–H groups in total. The molecule has 2 unspecified atom stereocenters. The summed E-state index contributed by atoms with van der Waals surface area (Å²) in [4.78, 5) is 20.4. The summed E-state index contributed by atoms with van der Waals surface area (Å²) in [6.45, 7) is 1.59. The number of carbonyl (C=O) groups is 1. The second kappa shape index (κ2) is 7.40. The number of ether oxygens (including phenoxy) is 1. The number of halogens is 2. The third kappa shape index (κ3) is 3.26. The van der Waals surface area contributed by atoms with Gasteiger partial charge in [-0.05, 0) is 37.1 Å². The number of urea groups is 1. The number of fused-ring (bicyclic) bond motifs is 3. The van der Waals surface area contributed by atoms with Crippen LogP contribution in [0.3, 0.4) is 0 Å². The Hall–Kier alpha value is -3.27. The van der Waals surface area contributed by atoms with Crippen LogP contribution in [0, 0.1) is 5.82 Å². The van der Waals surface area contributed by atoms with E-state index in [0.717, 1.165) is 37.1 Å². The molecule has 32 heavy (non-hydrogen) atoms. The fourth-order valence-electron chi connectivity index (χ4n) is 4.78. The van der Waals surface area contributed by atoms with Gasteiger partial charge < -0.3 is 19.9 Å². The Kier molecular flexibility index (Phi) is 4.49. The Balaban J connectivity index is 1.28. The van der Waals surface area contributed by atoms with Gasteiger partial charge in [-0.2, -0.15) is 0 Å². The van der Waals surface area contributed by atoms with Gasteiger partial charge >= 0.3 is 6.03 Å². The molecule has 0 aliphatic carbocycles. The van der Waals surface area contributed by atoms with Gasteiger partial charge in [0, 0.05) is 17.3 Å². The number of hydrogen-bond acceptors (Lipinski definition) is 5. The normalized spacial score (nSPS) is 22.9. The first-order chi connectivity index (χ1) is 15.5. The summed E-state index contributed by atoms with van der Waals surface area (Å²) in [6.07, 6.45) is 4.78. The van der Waals surface area contributed by atoms with Gasteiger partial charge in [0.05, 0.1) is 50.3 Å². The van der Waals surface area contributed by atoms with Crippen molar-refractivity contribution in [2.24, 2.45) is 0 Å². The number of carbonyl (C=O) groups excluding carboxylic acids is 1. The van der Waals surface area contributed by atoms with E-state index in [0.29, 0.717) is 23.4 Å². The first kappa shape index (κ1) is 19.4. The first-order valence-corrected chi connectivity index (χ1v) is 10.8. The van der Waals surface area contributed by atoms with Crippen LogP contribution in [-0.2, 0) is 4.74 Å². The minimum Gasteiger partial charge on any atom is -0.377 e. The zero-order valence-corrected chi connectivity index (χ0v) is 17.2. The van der Waals surface area contributed by atoms with Gasteiger partial charge in [-0.25, -0.2) is 23.2 Å². The molecule has 8 nitrogen and oxygen atoms in total. The molecule has 2 aromatic heterocycles. The van der Waals surface area contributed by atoms with E-state index in [1.54, 1.807) is 6.20 Å². The number of nitrogens with one attached hydrogen (secondary N) is 1. The standard InChI is InChI=1S/C22H22F2N6O2/c23-14-9-28(10-14)22(31)26-15-1-4-19(24)20(6-15)29-8-13-5-18(7-25-21(13)27-29)30-16-2-3-17(30)12-32-11-16/h1,4-8,14,16-17H,2-3,9-12H2,(H,26,31). The summed E-state index contributed by atoms with van der Waals surface area (Å²) in [6, 6.07) is 6.60. The molecule has 0 radical (unpaired) electrons. The number of hydrogen-bond donors (Lipinski definition) is 1. The van der Waals surface area contributed by atoms with E-state index < -0.39 is 18.0 Å². The molecule has 2 atom stereocenters. The number of morpholine rings is 1. The smallest absolute Gasteiger partial charge is 0.322 e. The molecule has 6 rings (SSSR count). The molecule has 2 bridgehead atoms. The largest absolute Gasteiger partial charge is 0.377 e. The van der Waals surface area contributed by atoms with Crippen molar-refractivity contribution in [3.63, 3.8) is 0 Å². The van der Waals surface area contributed by atoms with Crippen molar-refractivity contribution in [3.8, 4) is 5.69 Å². The highest BCUT2D eigenvalue weighted by Gasteiger charge is 2.37. The molecule has 3 fully saturated rings. The van der Waals surface area contributed by atoms with Crippen molar-refractivity contribution in [3.05, 3.63) is 42.5 Å². The lowest BCUT2D eigenvalue weighted by molar-refractivity contribution is 0.0906. The summed E-state index contributed by atoms with van der Waals surface area (Å²) < 4.78 is 34.7. The number of alkyl halides is 1. The minimum absolute atomic E-state index is 0.0727. The molecule has 3 aliphatic heterocycles. The molecule has 5 heterocycles. The number of pyridine rings is 1. The maximum Gasteiger partial charge on any atom is 0.322 e. The highest BCUT2D eigenvalue weighted by atomic mass is 19.1. The number of amides is 2. The van der Waals surface area contributed by atoms with Crippen LogP contribution in [0.2, 0.25) is 0 Å².